The van der Waals surface area contributed by atoms with Crippen LogP contribution in [-0.4, -0.2) is 30.9 Å². The zero-order valence-electron chi connectivity index (χ0n) is 10.9. The molecule has 1 aromatic carbocycles. The van der Waals surface area contributed by atoms with Crippen LogP contribution in [0.15, 0.2) is 23.1 Å². The SMILES string of the molecule is CC(Nc1ccc2c(c1)NC(=O)CS2)C1CCOC1. The highest BCUT2D eigenvalue weighted by atomic mass is 32.2. The van der Waals surface area contributed by atoms with Crippen molar-refractivity contribution in [2.45, 2.75) is 24.3 Å². The molecule has 2 N–H and O–H groups in total. The van der Waals surface area contributed by atoms with Gasteiger partial charge in [-0.15, -0.1) is 11.8 Å². The van der Waals surface area contributed by atoms with Crippen LogP contribution in [0, 0.1) is 5.92 Å². The average molecular weight is 278 g/mol. The van der Waals surface area contributed by atoms with E-state index >= 15 is 0 Å². The van der Waals surface area contributed by atoms with Gasteiger partial charge in [0.1, 0.15) is 0 Å². The summed E-state index contributed by atoms with van der Waals surface area (Å²) >= 11 is 1.59. The number of thioether (sulfide) groups is 1. The number of carbonyl (C=O) groups is 1. The second-order valence-electron chi connectivity index (χ2n) is 5.10. The van der Waals surface area contributed by atoms with Gasteiger partial charge < -0.3 is 15.4 Å². The molecule has 5 heteroatoms. The van der Waals surface area contributed by atoms with Crippen molar-refractivity contribution in [3.8, 4) is 0 Å². The third-order valence-corrected chi connectivity index (χ3v) is 4.75. The Morgan fingerprint density at radius 2 is 2.42 bits per heavy atom. The van der Waals surface area contributed by atoms with Crippen LogP contribution in [0.4, 0.5) is 11.4 Å². The lowest BCUT2D eigenvalue weighted by Gasteiger charge is -2.22. The Morgan fingerprint density at radius 3 is 3.21 bits per heavy atom. The number of nitrogens with one attached hydrogen (secondary N) is 2. The molecule has 1 fully saturated rings. The fourth-order valence-corrected chi connectivity index (χ4v) is 3.29. The zero-order chi connectivity index (χ0) is 13.2. The highest BCUT2D eigenvalue weighted by molar-refractivity contribution is 8.00. The number of rotatable bonds is 3. The van der Waals surface area contributed by atoms with E-state index in [2.05, 4.69) is 29.7 Å². The predicted octanol–water partition coefficient (Wildman–Crippen LogP) is 2.57. The van der Waals surface area contributed by atoms with Crippen LogP contribution in [-0.2, 0) is 9.53 Å². The van der Waals surface area contributed by atoms with Crippen molar-refractivity contribution >= 4 is 29.0 Å². The molecule has 102 valence electrons. The number of ether oxygens (including phenoxy) is 1. The van der Waals surface area contributed by atoms with Gasteiger partial charge in [0.15, 0.2) is 0 Å². The summed E-state index contributed by atoms with van der Waals surface area (Å²) in [5.41, 5.74) is 1.97. The minimum Gasteiger partial charge on any atom is -0.382 e. The summed E-state index contributed by atoms with van der Waals surface area (Å²) in [6.07, 6.45) is 1.12. The Balaban J connectivity index is 1.71. The number of anilines is 2. The lowest BCUT2D eigenvalue weighted by molar-refractivity contribution is -0.113. The van der Waals surface area contributed by atoms with Crippen molar-refractivity contribution in [1.82, 2.24) is 0 Å². The molecule has 0 spiro atoms. The van der Waals surface area contributed by atoms with Gasteiger partial charge >= 0.3 is 0 Å². The molecule has 1 amide bonds. The number of hydrogen-bond donors (Lipinski definition) is 2. The number of fused-ring (bicyclic) bond motifs is 1. The maximum Gasteiger partial charge on any atom is 0.234 e. The van der Waals surface area contributed by atoms with Crippen LogP contribution in [0.2, 0.25) is 0 Å². The third-order valence-electron chi connectivity index (χ3n) is 3.68. The van der Waals surface area contributed by atoms with Crippen LogP contribution >= 0.6 is 11.8 Å². The van der Waals surface area contributed by atoms with E-state index in [1.54, 1.807) is 11.8 Å². The summed E-state index contributed by atoms with van der Waals surface area (Å²) in [6, 6.07) is 6.55. The van der Waals surface area contributed by atoms with E-state index in [0.29, 0.717) is 17.7 Å². The normalized spacial score (nSPS) is 23.6. The van der Waals surface area contributed by atoms with Crippen molar-refractivity contribution in [2.24, 2.45) is 5.92 Å². The van der Waals surface area contributed by atoms with E-state index in [-0.39, 0.29) is 5.91 Å². The molecule has 3 rings (SSSR count). The standard InChI is InChI=1S/C14H18N2O2S/c1-9(10-4-5-18-7-10)15-11-2-3-13-12(6-11)16-14(17)8-19-13/h2-3,6,9-10,15H,4-5,7-8H2,1H3,(H,16,17). The Labute approximate surface area is 117 Å². The smallest absolute Gasteiger partial charge is 0.234 e. The van der Waals surface area contributed by atoms with E-state index in [1.807, 2.05) is 6.07 Å². The molecular weight excluding hydrogens is 260 g/mol. The highest BCUT2D eigenvalue weighted by Gasteiger charge is 2.22. The first-order valence-electron chi connectivity index (χ1n) is 6.63. The van der Waals surface area contributed by atoms with Gasteiger partial charge in [0, 0.05) is 29.1 Å². The molecule has 4 nitrogen and oxygen atoms in total. The first kappa shape index (κ1) is 12.8. The summed E-state index contributed by atoms with van der Waals surface area (Å²) in [5, 5.41) is 6.43. The maximum absolute atomic E-state index is 11.4. The monoisotopic (exact) mass is 278 g/mol. The average Bonchev–Trinajstić information content (AvgIpc) is 2.92. The molecule has 0 saturated carbocycles. The molecule has 2 heterocycles. The lowest BCUT2D eigenvalue weighted by Crippen LogP contribution is -2.26. The van der Waals surface area contributed by atoms with Crippen molar-refractivity contribution in [2.75, 3.05) is 29.6 Å². The minimum absolute atomic E-state index is 0.0758. The first-order chi connectivity index (χ1) is 9.22. The quantitative estimate of drug-likeness (QED) is 0.892. The molecule has 0 radical (unpaired) electrons. The van der Waals surface area contributed by atoms with Gasteiger partial charge in [-0.3, -0.25) is 4.79 Å². The largest absolute Gasteiger partial charge is 0.382 e. The van der Waals surface area contributed by atoms with Crippen molar-refractivity contribution in [3.63, 3.8) is 0 Å². The van der Waals surface area contributed by atoms with Crippen LogP contribution in [0.5, 0.6) is 0 Å². The van der Waals surface area contributed by atoms with Gasteiger partial charge in [-0.25, -0.2) is 0 Å². The molecular formula is C14H18N2O2S. The molecule has 2 atom stereocenters. The summed E-state index contributed by atoms with van der Waals surface area (Å²) in [7, 11) is 0. The van der Waals surface area contributed by atoms with E-state index in [0.717, 1.165) is 35.9 Å². The summed E-state index contributed by atoms with van der Waals surface area (Å²) in [6.45, 7) is 3.89. The zero-order valence-corrected chi connectivity index (χ0v) is 11.8. The van der Waals surface area contributed by atoms with Crippen molar-refractivity contribution in [1.29, 1.82) is 0 Å². The summed E-state index contributed by atoms with van der Waals surface area (Å²) in [4.78, 5) is 12.5. The number of carbonyl (C=O) groups excluding carboxylic acids is 1. The van der Waals surface area contributed by atoms with Crippen LogP contribution in [0.25, 0.3) is 0 Å². The van der Waals surface area contributed by atoms with Gasteiger partial charge in [0.2, 0.25) is 5.91 Å². The maximum atomic E-state index is 11.4. The molecule has 2 aliphatic rings. The van der Waals surface area contributed by atoms with Gasteiger partial charge in [0.05, 0.1) is 18.0 Å². The second-order valence-corrected chi connectivity index (χ2v) is 6.12. The third kappa shape index (κ3) is 2.87. The fraction of sp³-hybridized carbons (Fsp3) is 0.500. The molecule has 1 saturated heterocycles. The van der Waals surface area contributed by atoms with E-state index in [1.165, 1.54) is 0 Å². The summed E-state index contributed by atoms with van der Waals surface area (Å²) in [5.74, 6) is 1.15. The molecule has 1 aromatic rings. The Kier molecular flexibility index (Phi) is 3.66. The fourth-order valence-electron chi connectivity index (χ4n) is 2.50. The molecule has 0 bridgehead atoms. The van der Waals surface area contributed by atoms with Crippen LogP contribution < -0.4 is 10.6 Å². The molecule has 19 heavy (non-hydrogen) atoms. The van der Waals surface area contributed by atoms with Crippen LogP contribution in [0.1, 0.15) is 13.3 Å². The number of amides is 1. The van der Waals surface area contributed by atoms with Crippen LogP contribution in [0.3, 0.4) is 0 Å². The Hall–Kier alpha value is -1.20. The van der Waals surface area contributed by atoms with E-state index < -0.39 is 0 Å². The molecule has 0 aromatic heterocycles. The van der Waals surface area contributed by atoms with Crippen molar-refractivity contribution in [3.05, 3.63) is 18.2 Å². The van der Waals surface area contributed by atoms with Crippen molar-refractivity contribution < 1.29 is 9.53 Å². The first-order valence-corrected chi connectivity index (χ1v) is 7.62. The van der Waals surface area contributed by atoms with Gasteiger partial charge in [-0.2, -0.15) is 0 Å². The number of benzene rings is 1. The predicted molar refractivity (Wildman–Crippen MR) is 77.8 cm³/mol. The van der Waals surface area contributed by atoms with Gasteiger partial charge in [-0.05, 0) is 31.5 Å². The van der Waals surface area contributed by atoms with E-state index in [4.69, 9.17) is 4.74 Å². The Morgan fingerprint density at radius 1 is 1.53 bits per heavy atom. The minimum atomic E-state index is 0.0758. The topological polar surface area (TPSA) is 50.4 Å². The number of hydrogen-bond acceptors (Lipinski definition) is 4. The second kappa shape index (κ2) is 5.43. The van der Waals surface area contributed by atoms with E-state index in [9.17, 15) is 4.79 Å². The Bertz CT molecular complexity index is 486. The lowest BCUT2D eigenvalue weighted by atomic mass is 10.0. The highest BCUT2D eigenvalue weighted by Crippen LogP contribution is 2.34. The van der Waals surface area contributed by atoms with Gasteiger partial charge in [0.25, 0.3) is 0 Å². The molecule has 2 unspecified atom stereocenters. The molecule has 2 aliphatic heterocycles. The summed E-state index contributed by atoms with van der Waals surface area (Å²) < 4.78 is 5.42. The van der Waals surface area contributed by atoms with Gasteiger partial charge in [-0.1, -0.05) is 0 Å². The molecule has 0 aliphatic carbocycles.